The lowest BCUT2D eigenvalue weighted by Crippen LogP contribution is -2.40. The Morgan fingerprint density at radius 2 is 1.72 bits per heavy atom. The van der Waals surface area contributed by atoms with Gasteiger partial charge in [0.2, 0.25) is 0 Å². The number of carbonyl (C=O) groups is 3. The molecule has 2 aromatic rings. The van der Waals surface area contributed by atoms with Crippen molar-refractivity contribution >= 4 is 28.8 Å². The summed E-state index contributed by atoms with van der Waals surface area (Å²) in [7, 11) is 1.81. The Morgan fingerprint density at radius 1 is 1.04 bits per heavy atom. The monoisotopic (exact) mass is 343 g/mol. The highest BCUT2D eigenvalue weighted by Crippen LogP contribution is 2.27. The van der Waals surface area contributed by atoms with Crippen LogP contribution in [0, 0.1) is 0 Å². The maximum Gasteiger partial charge on any atom is 0.335 e. The first kappa shape index (κ1) is 17.2. The number of carbonyl (C=O) groups excluding carboxylic acids is 3. The summed E-state index contributed by atoms with van der Waals surface area (Å²) in [6.45, 7) is 4.45. The van der Waals surface area contributed by atoms with E-state index in [0.717, 1.165) is 38.5 Å². The summed E-state index contributed by atoms with van der Waals surface area (Å²) in [5.74, 6) is -0.645. The number of aryl methyl sites for hydroxylation is 1. The Hall–Kier alpha value is -2.67. The third-order valence-corrected chi connectivity index (χ3v) is 4.37. The lowest BCUT2D eigenvalue weighted by molar-refractivity contribution is -0.143. The van der Waals surface area contributed by atoms with Crippen LogP contribution in [0.15, 0.2) is 28.7 Å². The highest BCUT2D eigenvalue weighted by molar-refractivity contribution is 6.44. The number of amides is 4. The minimum absolute atomic E-state index is 0.0581. The van der Waals surface area contributed by atoms with Gasteiger partial charge in [0.1, 0.15) is 11.3 Å². The van der Waals surface area contributed by atoms with E-state index >= 15 is 0 Å². The molecule has 0 radical (unpaired) electrons. The molecule has 0 atom stereocenters. The van der Waals surface area contributed by atoms with Crippen LogP contribution in [-0.4, -0.2) is 52.8 Å². The molecule has 132 valence electrons. The van der Waals surface area contributed by atoms with Crippen molar-refractivity contribution in [2.45, 2.75) is 26.8 Å². The second-order valence-electron chi connectivity index (χ2n) is 6.07. The highest BCUT2D eigenvalue weighted by Gasteiger charge is 2.43. The minimum atomic E-state index is -0.772. The van der Waals surface area contributed by atoms with Gasteiger partial charge in [0, 0.05) is 30.5 Å². The normalized spacial score (nSPS) is 15.3. The maximum atomic E-state index is 12.2. The molecule has 0 bridgehead atoms. The second-order valence-corrected chi connectivity index (χ2v) is 6.07. The van der Waals surface area contributed by atoms with Crippen molar-refractivity contribution < 1.29 is 18.8 Å². The van der Waals surface area contributed by atoms with Gasteiger partial charge in [0.25, 0.3) is 0 Å². The van der Waals surface area contributed by atoms with Crippen LogP contribution in [0.5, 0.6) is 0 Å². The van der Waals surface area contributed by atoms with Gasteiger partial charge in [-0.3, -0.25) is 19.4 Å². The smallest absolute Gasteiger partial charge is 0.335 e. The molecule has 0 aliphatic carbocycles. The average molecular weight is 343 g/mol. The lowest BCUT2D eigenvalue weighted by atomic mass is 10.1. The number of imide groups is 2. The first-order valence-electron chi connectivity index (χ1n) is 8.33. The van der Waals surface area contributed by atoms with Crippen molar-refractivity contribution in [1.29, 1.82) is 0 Å². The molecule has 2 heterocycles. The fourth-order valence-corrected chi connectivity index (χ4v) is 3.12. The number of likely N-dealkylation sites (N-methyl/N-ethyl adjacent to an activating group) is 1. The van der Waals surface area contributed by atoms with Gasteiger partial charge in [-0.1, -0.05) is 25.1 Å². The van der Waals surface area contributed by atoms with Crippen molar-refractivity contribution in [2.75, 3.05) is 20.3 Å². The third kappa shape index (κ3) is 2.91. The van der Waals surface area contributed by atoms with Gasteiger partial charge in [-0.2, -0.15) is 0 Å². The van der Waals surface area contributed by atoms with E-state index in [0.29, 0.717) is 6.54 Å². The summed E-state index contributed by atoms with van der Waals surface area (Å²) in [6, 6.07) is 7.23. The summed E-state index contributed by atoms with van der Waals surface area (Å²) in [5, 5.41) is 1.02. The minimum Gasteiger partial charge on any atom is -0.461 e. The molecule has 0 unspecified atom stereocenters. The van der Waals surface area contributed by atoms with Gasteiger partial charge in [-0.15, -0.1) is 0 Å². The van der Waals surface area contributed by atoms with Gasteiger partial charge in [0.05, 0.1) is 6.67 Å². The third-order valence-electron chi connectivity index (χ3n) is 4.37. The molecule has 1 aromatic heterocycles. The van der Waals surface area contributed by atoms with Crippen LogP contribution >= 0.6 is 0 Å². The topological polar surface area (TPSA) is 74.1 Å². The summed E-state index contributed by atoms with van der Waals surface area (Å²) >= 11 is 0. The van der Waals surface area contributed by atoms with Crippen molar-refractivity contribution in [3.63, 3.8) is 0 Å². The van der Waals surface area contributed by atoms with Gasteiger partial charge < -0.3 is 4.42 Å². The van der Waals surface area contributed by atoms with Crippen molar-refractivity contribution in [1.82, 2.24) is 14.7 Å². The fraction of sp³-hybridized carbons (Fsp3) is 0.389. The summed E-state index contributed by atoms with van der Waals surface area (Å²) in [4.78, 5) is 39.8. The van der Waals surface area contributed by atoms with Crippen LogP contribution in [-0.2, 0) is 22.6 Å². The molecule has 1 saturated heterocycles. The molecule has 7 nitrogen and oxygen atoms in total. The molecule has 1 aliphatic heterocycles. The van der Waals surface area contributed by atoms with Crippen LogP contribution in [0.4, 0.5) is 4.79 Å². The number of hydrogen-bond acceptors (Lipinski definition) is 5. The number of para-hydroxylation sites is 1. The van der Waals surface area contributed by atoms with Crippen LogP contribution in [0.1, 0.15) is 25.2 Å². The first-order valence-corrected chi connectivity index (χ1v) is 8.33. The first-order chi connectivity index (χ1) is 12.0. The molecule has 25 heavy (non-hydrogen) atoms. The molecule has 1 aliphatic rings. The van der Waals surface area contributed by atoms with E-state index in [1.807, 2.05) is 36.1 Å². The summed E-state index contributed by atoms with van der Waals surface area (Å²) < 4.78 is 5.88. The molecular weight excluding hydrogens is 322 g/mol. The Bertz CT molecular complexity index is 842. The molecular formula is C18H21N3O4. The number of nitrogens with zero attached hydrogens (tertiary/aromatic N) is 3. The second kappa shape index (κ2) is 6.68. The highest BCUT2D eigenvalue weighted by atomic mass is 16.3. The predicted molar refractivity (Wildman–Crippen MR) is 91.6 cm³/mol. The van der Waals surface area contributed by atoms with Crippen LogP contribution in [0.2, 0.25) is 0 Å². The Labute approximate surface area is 145 Å². The molecule has 1 aromatic carbocycles. The molecule has 0 saturated carbocycles. The van der Waals surface area contributed by atoms with Gasteiger partial charge in [-0.05, 0) is 20.0 Å². The number of rotatable bonds is 6. The number of furan rings is 1. The molecule has 1 fully saturated rings. The SMILES string of the molecule is CCc1oc2ccccc2c1CN(C)CN1C(=O)C(=O)N(CC)C1=O. The number of urea groups is 1. The zero-order valence-corrected chi connectivity index (χ0v) is 14.6. The lowest BCUT2D eigenvalue weighted by Gasteiger charge is -2.22. The molecule has 7 heteroatoms. The average Bonchev–Trinajstić information content (AvgIpc) is 3.05. The fourth-order valence-electron chi connectivity index (χ4n) is 3.12. The summed E-state index contributed by atoms with van der Waals surface area (Å²) in [6.07, 6.45) is 0.752. The molecule has 3 rings (SSSR count). The van der Waals surface area contributed by atoms with E-state index < -0.39 is 17.8 Å². The summed E-state index contributed by atoms with van der Waals surface area (Å²) in [5.41, 5.74) is 1.86. The maximum absolute atomic E-state index is 12.2. The van der Waals surface area contributed by atoms with E-state index in [9.17, 15) is 14.4 Å². The van der Waals surface area contributed by atoms with E-state index in [-0.39, 0.29) is 13.2 Å². The Kier molecular flexibility index (Phi) is 4.59. The van der Waals surface area contributed by atoms with E-state index in [2.05, 4.69) is 0 Å². The standard InChI is InChI=1S/C18H21N3O4/c1-4-14-13(12-8-6-7-9-15(12)25-14)10-19(3)11-21-17(23)16(22)20(5-2)18(21)24/h6-9H,4-5,10-11H2,1-3H3. The van der Waals surface area contributed by atoms with Crippen LogP contribution < -0.4 is 0 Å². The Morgan fingerprint density at radius 3 is 2.36 bits per heavy atom. The zero-order chi connectivity index (χ0) is 18.1. The van der Waals surface area contributed by atoms with Gasteiger partial charge in [0.15, 0.2) is 0 Å². The Balaban J connectivity index is 1.80. The molecule has 4 amide bonds. The molecule has 0 spiro atoms. The van der Waals surface area contributed by atoms with Gasteiger partial charge >= 0.3 is 17.8 Å². The van der Waals surface area contributed by atoms with Gasteiger partial charge in [-0.25, -0.2) is 9.69 Å². The van der Waals surface area contributed by atoms with Crippen molar-refractivity contribution in [3.05, 3.63) is 35.6 Å². The number of benzene rings is 1. The van der Waals surface area contributed by atoms with E-state index in [1.165, 1.54) is 0 Å². The van der Waals surface area contributed by atoms with E-state index in [1.54, 1.807) is 14.0 Å². The van der Waals surface area contributed by atoms with Crippen LogP contribution in [0.25, 0.3) is 11.0 Å². The van der Waals surface area contributed by atoms with Crippen LogP contribution in [0.3, 0.4) is 0 Å². The quantitative estimate of drug-likeness (QED) is 0.594. The van der Waals surface area contributed by atoms with Crippen molar-refractivity contribution in [3.8, 4) is 0 Å². The predicted octanol–water partition coefficient (Wildman–Crippen LogP) is 2.20. The molecule has 0 N–H and O–H groups in total. The van der Waals surface area contributed by atoms with Crippen molar-refractivity contribution in [2.24, 2.45) is 0 Å². The largest absolute Gasteiger partial charge is 0.461 e. The number of hydrogen-bond donors (Lipinski definition) is 0. The number of fused-ring (bicyclic) bond motifs is 1. The van der Waals surface area contributed by atoms with E-state index in [4.69, 9.17) is 4.42 Å². The zero-order valence-electron chi connectivity index (χ0n) is 14.6.